The molecule has 7 aromatic carbocycles. The summed E-state index contributed by atoms with van der Waals surface area (Å²) in [5.74, 6) is 1.46. The molecule has 1 unspecified atom stereocenters. The summed E-state index contributed by atoms with van der Waals surface area (Å²) in [6.07, 6.45) is -0.291. The van der Waals surface area contributed by atoms with Gasteiger partial charge in [-0.3, -0.25) is 0 Å². The largest absolute Gasteiger partial charge is 0.455 e. The number of amidine groups is 2. The van der Waals surface area contributed by atoms with Crippen LogP contribution < -0.4 is 5.32 Å². The van der Waals surface area contributed by atoms with Crippen LogP contribution in [0.4, 0.5) is 0 Å². The van der Waals surface area contributed by atoms with Crippen LogP contribution in [0.25, 0.3) is 54.6 Å². The minimum absolute atomic E-state index is 0.291. The Balaban J connectivity index is 1.19. The van der Waals surface area contributed by atoms with E-state index < -0.39 is 0 Å². The van der Waals surface area contributed by atoms with Crippen LogP contribution in [-0.4, -0.2) is 11.7 Å². The van der Waals surface area contributed by atoms with E-state index in [0.717, 1.165) is 55.2 Å². The number of fused-ring (bicyclic) bond motifs is 6. The Morgan fingerprint density at radius 2 is 1.18 bits per heavy atom. The Morgan fingerprint density at radius 3 is 2.02 bits per heavy atom. The van der Waals surface area contributed by atoms with E-state index in [9.17, 15) is 0 Å². The molecule has 0 fully saturated rings. The molecular weight excluding hydrogens is 550 g/mol. The maximum absolute atomic E-state index is 6.49. The highest BCUT2D eigenvalue weighted by Crippen LogP contribution is 2.37. The van der Waals surface area contributed by atoms with Gasteiger partial charge in [0.2, 0.25) is 0 Å². The topological polar surface area (TPSA) is 49.9 Å². The Morgan fingerprint density at radius 1 is 0.511 bits per heavy atom. The van der Waals surface area contributed by atoms with E-state index in [2.05, 4.69) is 127 Å². The zero-order valence-electron chi connectivity index (χ0n) is 24.3. The van der Waals surface area contributed by atoms with Crippen molar-refractivity contribution in [3.8, 4) is 11.1 Å². The van der Waals surface area contributed by atoms with Crippen LogP contribution in [0.5, 0.6) is 0 Å². The second kappa shape index (κ2) is 10.3. The summed E-state index contributed by atoms with van der Waals surface area (Å²) in [5.41, 5.74) is 7.13. The molecule has 8 aromatic rings. The van der Waals surface area contributed by atoms with Crippen molar-refractivity contribution in [3.63, 3.8) is 0 Å². The van der Waals surface area contributed by atoms with Gasteiger partial charge in [-0.25, -0.2) is 9.98 Å². The van der Waals surface area contributed by atoms with Crippen molar-refractivity contribution < 1.29 is 4.42 Å². The van der Waals surface area contributed by atoms with Gasteiger partial charge in [-0.1, -0.05) is 140 Å². The zero-order valence-corrected chi connectivity index (χ0v) is 24.3. The van der Waals surface area contributed by atoms with Gasteiger partial charge in [0.05, 0.1) is 0 Å². The van der Waals surface area contributed by atoms with E-state index in [1.165, 1.54) is 21.9 Å². The van der Waals surface area contributed by atoms with Gasteiger partial charge in [0.1, 0.15) is 23.2 Å². The van der Waals surface area contributed by atoms with Gasteiger partial charge < -0.3 is 9.73 Å². The number of aliphatic imine (C=N–C) groups is 2. The summed E-state index contributed by atoms with van der Waals surface area (Å²) in [4.78, 5) is 10.3. The lowest BCUT2D eigenvalue weighted by molar-refractivity contribution is 0.671. The van der Waals surface area contributed by atoms with Gasteiger partial charge in [-0.05, 0) is 45.0 Å². The van der Waals surface area contributed by atoms with E-state index in [1.54, 1.807) is 0 Å². The van der Waals surface area contributed by atoms with Crippen LogP contribution in [0.3, 0.4) is 0 Å². The molecule has 4 nitrogen and oxygen atoms in total. The molecule has 0 aliphatic carbocycles. The van der Waals surface area contributed by atoms with Crippen LogP contribution in [0.15, 0.2) is 166 Å². The van der Waals surface area contributed by atoms with Gasteiger partial charge in [-0.15, -0.1) is 0 Å². The van der Waals surface area contributed by atoms with Gasteiger partial charge in [0, 0.05) is 27.3 Å². The summed E-state index contributed by atoms with van der Waals surface area (Å²) in [6, 6.07) is 52.8. The number of rotatable bonds is 4. The molecule has 0 saturated heterocycles. The fraction of sp³-hybridized carbons (Fsp3) is 0.0244. The number of benzene rings is 7. The third-order valence-corrected chi connectivity index (χ3v) is 8.74. The first kappa shape index (κ1) is 25.5. The number of nitrogens with one attached hydrogen (secondary N) is 1. The van der Waals surface area contributed by atoms with Crippen molar-refractivity contribution in [1.29, 1.82) is 0 Å². The van der Waals surface area contributed by atoms with Gasteiger partial charge in [-0.2, -0.15) is 0 Å². The molecule has 4 heteroatoms. The van der Waals surface area contributed by atoms with Crippen molar-refractivity contribution >= 4 is 55.2 Å². The van der Waals surface area contributed by atoms with E-state index in [1.807, 2.05) is 30.3 Å². The Bertz CT molecular complexity index is 2450. The Labute approximate surface area is 260 Å². The molecule has 212 valence electrons. The first-order chi connectivity index (χ1) is 22.3. The smallest absolute Gasteiger partial charge is 0.160 e. The predicted molar refractivity (Wildman–Crippen MR) is 186 cm³/mol. The van der Waals surface area contributed by atoms with Crippen LogP contribution in [-0.2, 0) is 0 Å². The lowest BCUT2D eigenvalue weighted by Crippen LogP contribution is -2.33. The quantitative estimate of drug-likeness (QED) is 0.226. The average molecular weight is 578 g/mol. The molecule has 1 aliphatic rings. The highest BCUT2D eigenvalue weighted by Gasteiger charge is 2.24. The minimum Gasteiger partial charge on any atom is -0.455 e. The molecule has 0 spiro atoms. The van der Waals surface area contributed by atoms with Crippen LogP contribution in [0, 0.1) is 0 Å². The zero-order chi connectivity index (χ0) is 29.7. The highest BCUT2D eigenvalue weighted by molar-refractivity contribution is 6.24. The van der Waals surface area contributed by atoms with Gasteiger partial charge >= 0.3 is 0 Å². The second-order valence-corrected chi connectivity index (χ2v) is 11.4. The van der Waals surface area contributed by atoms with Crippen molar-refractivity contribution in [2.24, 2.45) is 9.98 Å². The monoisotopic (exact) mass is 577 g/mol. The van der Waals surface area contributed by atoms with Crippen molar-refractivity contribution in [2.75, 3.05) is 0 Å². The van der Waals surface area contributed by atoms with Crippen LogP contribution >= 0.6 is 0 Å². The summed E-state index contributed by atoms with van der Waals surface area (Å²) in [7, 11) is 0. The molecule has 0 saturated carbocycles. The van der Waals surface area contributed by atoms with Gasteiger partial charge in [0.15, 0.2) is 5.84 Å². The summed E-state index contributed by atoms with van der Waals surface area (Å²) in [5, 5.41) is 10.4. The summed E-state index contributed by atoms with van der Waals surface area (Å²) >= 11 is 0. The van der Waals surface area contributed by atoms with Crippen molar-refractivity contribution in [3.05, 3.63) is 168 Å². The molecular formula is C41H27N3O. The third-order valence-electron chi connectivity index (χ3n) is 8.74. The molecule has 45 heavy (non-hydrogen) atoms. The molecule has 0 radical (unpaired) electrons. The SMILES string of the molecule is c1ccc(C2N=C(c3cccc4oc5c6ccccc6ccc5c34)N=C(c3ccc(-c4cccc5ccccc45)cc3)N2)cc1. The van der Waals surface area contributed by atoms with E-state index >= 15 is 0 Å². The molecule has 1 N–H and O–H groups in total. The number of hydrogen-bond acceptors (Lipinski definition) is 4. The second-order valence-electron chi connectivity index (χ2n) is 11.4. The van der Waals surface area contributed by atoms with Crippen molar-refractivity contribution in [2.45, 2.75) is 6.17 Å². The van der Waals surface area contributed by atoms with Crippen molar-refractivity contribution in [1.82, 2.24) is 5.32 Å². The Hall–Kier alpha value is -6.00. The normalized spacial score (nSPS) is 14.9. The number of furan rings is 1. The molecule has 0 amide bonds. The lowest BCUT2D eigenvalue weighted by atomic mass is 9.97. The van der Waals surface area contributed by atoms with E-state index in [4.69, 9.17) is 14.4 Å². The number of nitrogens with zero attached hydrogens (tertiary/aromatic N) is 2. The maximum Gasteiger partial charge on any atom is 0.160 e. The highest BCUT2D eigenvalue weighted by atomic mass is 16.3. The molecule has 1 aliphatic heterocycles. The molecule has 1 atom stereocenters. The molecule has 1 aromatic heterocycles. The van der Waals surface area contributed by atoms with Gasteiger partial charge in [0.25, 0.3) is 0 Å². The third kappa shape index (κ3) is 4.30. The summed E-state index contributed by atoms with van der Waals surface area (Å²) in [6.45, 7) is 0. The average Bonchev–Trinajstić information content (AvgIpc) is 3.51. The standard InChI is InChI=1S/C41H27N3O/c1-2-12-29(13-3-1)39-42-40(30-22-20-28(21-23-30)32-17-8-14-26-10-4-6-15-31(26)32)44-41(43-39)35-18-9-19-36-37(35)34-25-24-27-11-5-7-16-33(27)38(34)45-36/h1-25,39H,(H,42,43,44). The summed E-state index contributed by atoms with van der Waals surface area (Å²) < 4.78 is 6.49. The molecule has 2 heterocycles. The Kier molecular flexibility index (Phi) is 5.85. The van der Waals surface area contributed by atoms with E-state index in [0.29, 0.717) is 5.84 Å². The fourth-order valence-electron chi connectivity index (χ4n) is 6.55. The van der Waals surface area contributed by atoms with Crippen LogP contribution in [0.2, 0.25) is 0 Å². The van der Waals surface area contributed by atoms with Crippen LogP contribution in [0.1, 0.15) is 22.9 Å². The predicted octanol–water partition coefficient (Wildman–Crippen LogP) is 10.1. The maximum atomic E-state index is 6.49. The fourth-order valence-corrected chi connectivity index (χ4v) is 6.55. The first-order valence-electron chi connectivity index (χ1n) is 15.2. The minimum atomic E-state index is -0.291. The first-order valence-corrected chi connectivity index (χ1v) is 15.2. The number of hydrogen-bond donors (Lipinski definition) is 1. The van der Waals surface area contributed by atoms with E-state index in [-0.39, 0.29) is 6.17 Å². The lowest BCUT2D eigenvalue weighted by Gasteiger charge is -2.24. The molecule has 9 rings (SSSR count). The molecule has 0 bridgehead atoms.